The lowest BCUT2D eigenvalue weighted by atomic mass is 10.2. The van der Waals surface area contributed by atoms with Crippen molar-refractivity contribution >= 4 is 29.2 Å². The van der Waals surface area contributed by atoms with Crippen molar-refractivity contribution in [3.63, 3.8) is 0 Å². The van der Waals surface area contributed by atoms with E-state index >= 15 is 0 Å². The molecule has 0 bridgehead atoms. The van der Waals surface area contributed by atoms with E-state index in [1.54, 1.807) is 42.5 Å². The molecule has 0 unspecified atom stereocenters. The molecular weight excluding hydrogens is 344 g/mol. The summed E-state index contributed by atoms with van der Waals surface area (Å²) in [5.41, 5.74) is 0.856. The molecule has 0 aliphatic carbocycles. The Labute approximate surface area is 149 Å². The highest BCUT2D eigenvalue weighted by Gasteiger charge is 2.18. The molecule has 0 saturated carbocycles. The normalized spacial score (nSPS) is 11.1. The minimum Gasteiger partial charge on any atom is -0.480 e. The summed E-state index contributed by atoms with van der Waals surface area (Å²) in [6.07, 6.45) is -1.02. The summed E-state index contributed by atoms with van der Waals surface area (Å²) in [7, 11) is 0. The highest BCUT2D eigenvalue weighted by molar-refractivity contribution is 6.32. The van der Waals surface area contributed by atoms with Gasteiger partial charge in [0.2, 0.25) is 0 Å². The molecule has 0 aliphatic heterocycles. The van der Waals surface area contributed by atoms with E-state index in [1.807, 2.05) is 6.07 Å². The predicted molar refractivity (Wildman–Crippen MR) is 92.3 cm³/mol. The number of hydrogen-bond donors (Lipinski definition) is 1. The first-order valence-corrected chi connectivity index (χ1v) is 7.75. The molecule has 1 N–H and O–H groups in total. The number of esters is 1. The summed E-state index contributed by atoms with van der Waals surface area (Å²) in [5.74, 6) is -0.860. The summed E-state index contributed by atoms with van der Waals surface area (Å²) in [6.45, 7) is 1.07. The molecule has 2 rings (SSSR count). The van der Waals surface area contributed by atoms with Gasteiger partial charge in [0.05, 0.1) is 16.7 Å². The average Bonchev–Trinajstić information content (AvgIpc) is 2.61. The molecule has 0 spiro atoms. The van der Waals surface area contributed by atoms with Crippen molar-refractivity contribution in [2.24, 2.45) is 0 Å². The number of rotatable bonds is 6. The monoisotopic (exact) mass is 358 g/mol. The first kappa shape index (κ1) is 18.3. The number of anilines is 1. The number of carbonyl (C=O) groups excluding carboxylic acids is 2. The maximum atomic E-state index is 12.0. The molecule has 0 heterocycles. The van der Waals surface area contributed by atoms with Gasteiger partial charge in [0.15, 0.2) is 12.7 Å². The van der Waals surface area contributed by atoms with E-state index in [0.29, 0.717) is 22.0 Å². The van der Waals surface area contributed by atoms with Crippen LogP contribution >= 0.6 is 11.6 Å². The van der Waals surface area contributed by atoms with Crippen LogP contribution in [0.5, 0.6) is 5.75 Å². The first-order chi connectivity index (χ1) is 12.0. The van der Waals surface area contributed by atoms with Crippen LogP contribution in [-0.4, -0.2) is 24.6 Å². The molecule has 0 fully saturated rings. The molecule has 0 radical (unpaired) electrons. The number of ether oxygens (including phenoxy) is 2. The van der Waals surface area contributed by atoms with Crippen LogP contribution in [0.15, 0.2) is 48.5 Å². The Kier molecular flexibility index (Phi) is 6.38. The number of nitrogens with one attached hydrogen (secondary N) is 1. The van der Waals surface area contributed by atoms with Crippen molar-refractivity contribution in [1.82, 2.24) is 0 Å². The van der Waals surface area contributed by atoms with Crippen LogP contribution in [-0.2, 0) is 14.3 Å². The van der Waals surface area contributed by atoms with E-state index in [9.17, 15) is 9.59 Å². The molecule has 0 aliphatic rings. The van der Waals surface area contributed by atoms with Crippen LogP contribution in [0.3, 0.4) is 0 Å². The van der Waals surface area contributed by atoms with Crippen molar-refractivity contribution in [2.75, 3.05) is 11.9 Å². The van der Waals surface area contributed by atoms with Gasteiger partial charge in [0.25, 0.3) is 5.91 Å². The summed E-state index contributed by atoms with van der Waals surface area (Å²) in [5, 5.41) is 11.8. The van der Waals surface area contributed by atoms with Gasteiger partial charge >= 0.3 is 5.97 Å². The minimum absolute atomic E-state index is 0.353. The third-order valence-electron chi connectivity index (χ3n) is 3.12. The largest absolute Gasteiger partial charge is 0.480 e. The third-order valence-corrected chi connectivity index (χ3v) is 3.43. The summed E-state index contributed by atoms with van der Waals surface area (Å²) in [6, 6.07) is 15.1. The van der Waals surface area contributed by atoms with Crippen molar-refractivity contribution in [2.45, 2.75) is 13.0 Å². The fourth-order valence-electron chi connectivity index (χ4n) is 1.89. The molecule has 0 saturated heterocycles. The van der Waals surface area contributed by atoms with E-state index in [0.717, 1.165) is 0 Å². The van der Waals surface area contributed by atoms with Crippen LogP contribution in [0.4, 0.5) is 5.69 Å². The fourth-order valence-corrected chi connectivity index (χ4v) is 2.08. The summed E-state index contributed by atoms with van der Waals surface area (Å²) >= 11 is 5.91. The van der Waals surface area contributed by atoms with E-state index in [1.165, 1.54) is 13.0 Å². The Morgan fingerprint density at radius 2 is 2.00 bits per heavy atom. The third kappa shape index (κ3) is 5.52. The molecule has 2 aromatic carbocycles. The van der Waals surface area contributed by atoms with Gasteiger partial charge in [-0.25, -0.2) is 4.79 Å². The van der Waals surface area contributed by atoms with Gasteiger partial charge in [-0.15, -0.1) is 0 Å². The fraction of sp³-hybridized carbons (Fsp3) is 0.167. The lowest BCUT2D eigenvalue weighted by Crippen LogP contribution is -2.31. The van der Waals surface area contributed by atoms with Gasteiger partial charge in [-0.2, -0.15) is 5.26 Å². The van der Waals surface area contributed by atoms with Gasteiger partial charge < -0.3 is 14.8 Å². The second kappa shape index (κ2) is 8.71. The summed E-state index contributed by atoms with van der Waals surface area (Å²) < 4.78 is 10.3. The Morgan fingerprint density at radius 1 is 1.24 bits per heavy atom. The number of halogens is 1. The van der Waals surface area contributed by atoms with Crippen molar-refractivity contribution in [3.8, 4) is 11.8 Å². The molecule has 7 heteroatoms. The standard InChI is InChI=1S/C18H15ClN2O4/c1-12(18(23)21-14-6-4-5-13(9-14)10-20)25-17(22)11-24-16-8-3-2-7-15(16)19/h2-9,12H,11H2,1H3,(H,21,23)/t12-/m1/s1. The molecule has 1 amide bonds. The molecule has 128 valence electrons. The van der Waals surface area contributed by atoms with E-state index in [4.69, 9.17) is 26.3 Å². The average molecular weight is 359 g/mol. The number of hydrogen-bond acceptors (Lipinski definition) is 5. The smallest absolute Gasteiger partial charge is 0.344 e. The molecule has 2 aromatic rings. The Hall–Kier alpha value is -3.04. The van der Waals surface area contributed by atoms with Crippen LogP contribution in [0, 0.1) is 11.3 Å². The Balaban J connectivity index is 1.84. The van der Waals surface area contributed by atoms with Crippen LogP contribution < -0.4 is 10.1 Å². The van der Waals surface area contributed by atoms with Gasteiger partial charge in [0.1, 0.15) is 5.75 Å². The number of amides is 1. The van der Waals surface area contributed by atoms with E-state index in [2.05, 4.69) is 5.32 Å². The predicted octanol–water partition coefficient (Wildman–Crippen LogP) is 3.16. The zero-order valence-electron chi connectivity index (χ0n) is 13.4. The van der Waals surface area contributed by atoms with Gasteiger partial charge in [-0.05, 0) is 37.3 Å². The van der Waals surface area contributed by atoms with Crippen LogP contribution in [0.2, 0.25) is 5.02 Å². The lowest BCUT2D eigenvalue weighted by molar-refractivity contribution is -0.155. The van der Waals surface area contributed by atoms with Crippen molar-refractivity contribution in [1.29, 1.82) is 5.26 Å². The molecule has 6 nitrogen and oxygen atoms in total. The van der Waals surface area contributed by atoms with Gasteiger partial charge in [-0.3, -0.25) is 4.79 Å². The highest BCUT2D eigenvalue weighted by Crippen LogP contribution is 2.22. The SMILES string of the molecule is C[C@@H](OC(=O)COc1ccccc1Cl)C(=O)Nc1cccc(C#N)c1. The molecule has 1 atom stereocenters. The molecular formula is C18H15ClN2O4. The van der Waals surface area contributed by atoms with Crippen molar-refractivity contribution in [3.05, 3.63) is 59.1 Å². The van der Waals surface area contributed by atoms with Gasteiger partial charge in [0, 0.05) is 5.69 Å². The number of nitriles is 1. The number of nitrogens with zero attached hydrogens (tertiary/aromatic N) is 1. The second-order valence-electron chi connectivity index (χ2n) is 5.03. The maximum absolute atomic E-state index is 12.0. The molecule has 0 aromatic heterocycles. The van der Waals surface area contributed by atoms with E-state index < -0.39 is 18.0 Å². The Bertz CT molecular complexity index is 817. The zero-order chi connectivity index (χ0) is 18.2. The van der Waals surface area contributed by atoms with Gasteiger partial charge in [-0.1, -0.05) is 29.8 Å². The van der Waals surface area contributed by atoms with Crippen molar-refractivity contribution < 1.29 is 19.1 Å². The minimum atomic E-state index is -1.02. The topological polar surface area (TPSA) is 88.4 Å². The highest BCUT2D eigenvalue weighted by atomic mass is 35.5. The lowest BCUT2D eigenvalue weighted by Gasteiger charge is -2.14. The molecule has 25 heavy (non-hydrogen) atoms. The van der Waals surface area contributed by atoms with Crippen LogP contribution in [0.1, 0.15) is 12.5 Å². The zero-order valence-corrected chi connectivity index (χ0v) is 14.1. The maximum Gasteiger partial charge on any atom is 0.344 e. The van der Waals surface area contributed by atoms with Crippen LogP contribution in [0.25, 0.3) is 0 Å². The number of para-hydroxylation sites is 1. The Morgan fingerprint density at radius 3 is 2.72 bits per heavy atom. The quantitative estimate of drug-likeness (QED) is 0.801. The summed E-state index contributed by atoms with van der Waals surface area (Å²) in [4.78, 5) is 23.8. The number of benzene rings is 2. The number of carbonyl (C=O) groups is 2. The van der Waals surface area contributed by atoms with E-state index in [-0.39, 0.29) is 6.61 Å². The first-order valence-electron chi connectivity index (χ1n) is 7.37. The second-order valence-corrected chi connectivity index (χ2v) is 5.44.